The maximum atomic E-state index is 14.5. The molecule has 1 unspecified atom stereocenters. The lowest BCUT2D eigenvalue weighted by Gasteiger charge is -2.23. The van der Waals surface area contributed by atoms with Gasteiger partial charge in [0.2, 0.25) is 0 Å². The molecule has 1 heterocycles. The van der Waals surface area contributed by atoms with Crippen LogP contribution in [0, 0.1) is 11.6 Å². The van der Waals surface area contributed by atoms with E-state index in [0.717, 1.165) is 16.8 Å². The number of para-hydroxylation sites is 1. The molecule has 3 aromatic rings. The standard InChI is InChI=1S/C23H15F5N2O2S/c1-32-19-5-3-2-4-16(19)22-30(29-20(33-22)13-6-9-15(24)10-7-13)21(31)17-12-14(23(26,27)28)8-11-18(17)25/h2-12,22H,1H3. The smallest absolute Gasteiger partial charge is 0.416 e. The second kappa shape index (κ2) is 8.86. The number of nitrogens with zero attached hydrogens (tertiary/aromatic N) is 2. The lowest BCUT2D eigenvalue weighted by Crippen LogP contribution is -2.27. The Morgan fingerprint density at radius 3 is 2.39 bits per heavy atom. The Labute approximate surface area is 189 Å². The highest BCUT2D eigenvalue weighted by molar-refractivity contribution is 8.14. The van der Waals surface area contributed by atoms with Gasteiger partial charge in [0.1, 0.15) is 27.8 Å². The van der Waals surface area contributed by atoms with Crippen LogP contribution >= 0.6 is 11.8 Å². The van der Waals surface area contributed by atoms with Crippen molar-refractivity contribution in [2.45, 2.75) is 11.6 Å². The summed E-state index contributed by atoms with van der Waals surface area (Å²) in [6, 6.07) is 13.7. The number of alkyl halides is 3. The Morgan fingerprint density at radius 2 is 1.73 bits per heavy atom. The number of amides is 1. The zero-order chi connectivity index (χ0) is 23.8. The topological polar surface area (TPSA) is 41.9 Å². The third-order valence-electron chi connectivity index (χ3n) is 4.87. The Balaban J connectivity index is 1.81. The van der Waals surface area contributed by atoms with Crippen LogP contribution in [0.2, 0.25) is 0 Å². The summed E-state index contributed by atoms with van der Waals surface area (Å²) in [7, 11) is 1.43. The van der Waals surface area contributed by atoms with Crippen LogP contribution < -0.4 is 4.74 Å². The number of rotatable bonds is 4. The molecule has 1 aliphatic rings. The number of halogens is 5. The van der Waals surface area contributed by atoms with Crippen molar-refractivity contribution in [1.82, 2.24) is 5.01 Å². The lowest BCUT2D eigenvalue weighted by molar-refractivity contribution is -0.137. The van der Waals surface area contributed by atoms with Gasteiger partial charge in [-0.3, -0.25) is 4.79 Å². The van der Waals surface area contributed by atoms with Gasteiger partial charge in [-0.25, -0.2) is 13.8 Å². The van der Waals surface area contributed by atoms with Gasteiger partial charge in [0.05, 0.1) is 18.2 Å². The van der Waals surface area contributed by atoms with Crippen LogP contribution in [-0.2, 0) is 6.18 Å². The van der Waals surface area contributed by atoms with Crippen LogP contribution in [0.1, 0.15) is 32.4 Å². The largest absolute Gasteiger partial charge is 0.496 e. The van der Waals surface area contributed by atoms with Crippen molar-refractivity contribution >= 4 is 22.7 Å². The lowest BCUT2D eigenvalue weighted by atomic mass is 10.1. The molecular weight excluding hydrogens is 463 g/mol. The second-order valence-electron chi connectivity index (χ2n) is 6.97. The van der Waals surface area contributed by atoms with Gasteiger partial charge in [-0.1, -0.05) is 30.0 Å². The number of hydrogen-bond acceptors (Lipinski definition) is 4. The van der Waals surface area contributed by atoms with Crippen molar-refractivity contribution in [1.29, 1.82) is 0 Å². The van der Waals surface area contributed by atoms with Crippen LogP contribution in [-0.4, -0.2) is 23.1 Å². The molecule has 170 valence electrons. The van der Waals surface area contributed by atoms with Crippen LogP contribution in [0.25, 0.3) is 0 Å². The number of carbonyl (C=O) groups is 1. The molecule has 3 aromatic carbocycles. The number of hydrogen-bond donors (Lipinski definition) is 0. The van der Waals surface area contributed by atoms with Gasteiger partial charge < -0.3 is 4.74 Å². The molecule has 0 saturated carbocycles. The number of thioether (sulfide) groups is 1. The highest BCUT2D eigenvalue weighted by Gasteiger charge is 2.38. The van der Waals surface area contributed by atoms with Crippen molar-refractivity contribution in [2.75, 3.05) is 7.11 Å². The molecule has 4 rings (SSSR count). The first-order chi connectivity index (χ1) is 15.7. The highest BCUT2D eigenvalue weighted by atomic mass is 32.2. The highest BCUT2D eigenvalue weighted by Crippen LogP contribution is 2.45. The molecule has 1 atom stereocenters. The summed E-state index contributed by atoms with van der Waals surface area (Å²) >= 11 is 1.11. The van der Waals surface area contributed by atoms with Crippen molar-refractivity contribution < 1.29 is 31.5 Å². The molecular formula is C23H15F5N2O2S. The molecule has 10 heteroatoms. The van der Waals surface area contributed by atoms with Crippen LogP contribution in [0.15, 0.2) is 71.8 Å². The summed E-state index contributed by atoms with van der Waals surface area (Å²) in [5.41, 5.74) is -0.933. The van der Waals surface area contributed by atoms with E-state index in [9.17, 15) is 26.7 Å². The maximum Gasteiger partial charge on any atom is 0.416 e. The molecule has 1 aliphatic heterocycles. The van der Waals surface area contributed by atoms with Crippen LogP contribution in [0.5, 0.6) is 5.75 Å². The SMILES string of the molecule is COc1ccccc1C1SC(c2ccc(F)cc2)=NN1C(=O)c1cc(C(F)(F)F)ccc1F. The van der Waals surface area contributed by atoms with Gasteiger partial charge in [-0.05, 0) is 48.5 Å². The van der Waals surface area contributed by atoms with Gasteiger partial charge >= 0.3 is 6.18 Å². The van der Waals surface area contributed by atoms with Crippen LogP contribution in [0.3, 0.4) is 0 Å². The Kier molecular flexibility index (Phi) is 6.11. The summed E-state index contributed by atoms with van der Waals surface area (Å²) < 4.78 is 72.7. The third kappa shape index (κ3) is 4.56. The first kappa shape index (κ1) is 22.8. The normalized spacial score (nSPS) is 16.0. The molecule has 0 saturated heterocycles. The Bertz CT molecular complexity index is 1230. The quantitative estimate of drug-likeness (QED) is 0.417. The molecule has 0 bridgehead atoms. The molecule has 0 N–H and O–H groups in total. The van der Waals surface area contributed by atoms with E-state index in [-0.39, 0.29) is 0 Å². The predicted octanol–water partition coefficient (Wildman–Crippen LogP) is 6.24. The van der Waals surface area contributed by atoms with Gasteiger partial charge in [0.15, 0.2) is 0 Å². The van der Waals surface area contributed by atoms with E-state index < -0.39 is 40.2 Å². The van der Waals surface area contributed by atoms with E-state index in [2.05, 4.69) is 5.10 Å². The second-order valence-corrected chi connectivity index (χ2v) is 8.04. The van der Waals surface area contributed by atoms with E-state index in [1.165, 1.54) is 31.4 Å². The molecule has 33 heavy (non-hydrogen) atoms. The maximum absolute atomic E-state index is 14.5. The van der Waals surface area contributed by atoms with Crippen molar-refractivity contribution in [2.24, 2.45) is 5.10 Å². The van der Waals surface area contributed by atoms with Gasteiger partial charge in [-0.15, -0.1) is 0 Å². The van der Waals surface area contributed by atoms with Crippen molar-refractivity contribution in [3.63, 3.8) is 0 Å². The molecule has 0 spiro atoms. The average Bonchev–Trinajstić information content (AvgIpc) is 3.24. The fraction of sp³-hybridized carbons (Fsp3) is 0.130. The first-order valence-electron chi connectivity index (χ1n) is 9.53. The number of ether oxygens (including phenoxy) is 1. The minimum absolute atomic E-state index is 0.312. The molecule has 0 aromatic heterocycles. The summed E-state index contributed by atoms with van der Waals surface area (Å²) in [4.78, 5) is 13.3. The summed E-state index contributed by atoms with van der Waals surface area (Å²) in [6.07, 6.45) is -4.76. The molecule has 0 radical (unpaired) electrons. The number of hydrazone groups is 1. The van der Waals surface area contributed by atoms with E-state index in [1.807, 2.05) is 0 Å². The molecule has 4 nitrogen and oxygen atoms in total. The minimum Gasteiger partial charge on any atom is -0.496 e. The number of benzene rings is 3. The first-order valence-corrected chi connectivity index (χ1v) is 10.4. The number of methoxy groups -OCH3 is 1. The van der Waals surface area contributed by atoms with E-state index in [1.54, 1.807) is 24.3 Å². The summed E-state index contributed by atoms with van der Waals surface area (Å²) in [6.45, 7) is 0. The summed E-state index contributed by atoms with van der Waals surface area (Å²) in [5, 5.41) is 4.64. The summed E-state index contributed by atoms with van der Waals surface area (Å²) in [5.74, 6) is -2.23. The zero-order valence-corrected chi connectivity index (χ0v) is 17.8. The van der Waals surface area contributed by atoms with E-state index in [0.29, 0.717) is 40.1 Å². The van der Waals surface area contributed by atoms with E-state index >= 15 is 0 Å². The average molecular weight is 478 g/mol. The zero-order valence-electron chi connectivity index (χ0n) is 16.9. The number of carbonyl (C=O) groups excluding carboxylic acids is 1. The van der Waals surface area contributed by atoms with Gasteiger partial charge in [-0.2, -0.15) is 18.3 Å². The third-order valence-corrected chi connectivity index (χ3v) is 6.09. The Hall–Kier alpha value is -3.40. The predicted molar refractivity (Wildman–Crippen MR) is 114 cm³/mol. The fourth-order valence-electron chi connectivity index (χ4n) is 3.25. The molecule has 0 fully saturated rings. The molecule has 1 amide bonds. The molecule has 0 aliphatic carbocycles. The monoisotopic (exact) mass is 478 g/mol. The van der Waals surface area contributed by atoms with Crippen molar-refractivity contribution in [3.8, 4) is 5.75 Å². The van der Waals surface area contributed by atoms with Gasteiger partial charge in [0, 0.05) is 11.1 Å². The minimum atomic E-state index is -4.76. The van der Waals surface area contributed by atoms with E-state index in [4.69, 9.17) is 4.74 Å². The van der Waals surface area contributed by atoms with Crippen LogP contribution in [0.4, 0.5) is 22.0 Å². The fourth-order valence-corrected chi connectivity index (χ4v) is 4.44. The van der Waals surface area contributed by atoms with Crippen molar-refractivity contribution in [3.05, 3.63) is 101 Å². The Morgan fingerprint density at radius 1 is 1.03 bits per heavy atom. The van der Waals surface area contributed by atoms with Gasteiger partial charge in [0.25, 0.3) is 5.91 Å².